The lowest BCUT2D eigenvalue weighted by Crippen LogP contribution is -2.61. The predicted octanol–water partition coefficient (Wildman–Crippen LogP) is -2.04. The van der Waals surface area contributed by atoms with Crippen LogP contribution in [0.3, 0.4) is 0 Å². The second-order valence-corrected chi connectivity index (χ2v) is 19.0. The largest absolute Gasteiger partial charge is 0.508 e. The summed E-state index contributed by atoms with van der Waals surface area (Å²) >= 11 is 1.34. The number of amides is 8. The third-order valence-corrected chi connectivity index (χ3v) is 12.7. The van der Waals surface area contributed by atoms with Gasteiger partial charge in [0.05, 0.1) is 18.8 Å². The van der Waals surface area contributed by atoms with Gasteiger partial charge in [-0.2, -0.15) is 11.8 Å². The van der Waals surface area contributed by atoms with E-state index in [4.69, 9.17) is 11.5 Å². The molecule has 0 saturated heterocycles. The Morgan fingerprint density at radius 3 is 1.60 bits per heavy atom. The van der Waals surface area contributed by atoms with Gasteiger partial charge in [-0.05, 0) is 73.1 Å². The van der Waals surface area contributed by atoms with Crippen LogP contribution in [0.2, 0.25) is 0 Å². The lowest BCUT2D eigenvalue weighted by molar-refractivity contribution is -0.145. The molecule has 0 bridgehead atoms. The van der Waals surface area contributed by atoms with Gasteiger partial charge in [-0.1, -0.05) is 60.7 Å². The number of aromatic amines is 1. The third-order valence-electron chi connectivity index (χ3n) is 12.1. The average Bonchev–Trinajstić information content (AvgIpc) is 3.81. The molecule has 0 aliphatic heterocycles. The van der Waals surface area contributed by atoms with E-state index in [1.54, 1.807) is 67.0 Å². The Bertz CT molecular complexity index is 2690. The Morgan fingerprint density at radius 2 is 1.06 bits per heavy atom. The van der Waals surface area contributed by atoms with Gasteiger partial charge in [-0.15, -0.1) is 0 Å². The second kappa shape index (κ2) is 30.5. The Balaban J connectivity index is 1.67. The summed E-state index contributed by atoms with van der Waals surface area (Å²) in [6, 6.07) is 8.56. The van der Waals surface area contributed by atoms with Crippen LogP contribution < -0.4 is 48.7 Å². The molecule has 26 heteroatoms. The number of carbonyl (C=O) groups excluding carboxylic acids is 8. The number of hydrogen-bond donors (Lipinski definition) is 15. The van der Waals surface area contributed by atoms with Crippen LogP contribution in [0, 0.1) is 0 Å². The molecule has 17 N–H and O–H groups in total. The summed E-state index contributed by atoms with van der Waals surface area (Å²) in [5.74, 6) is -10.4. The molecule has 77 heavy (non-hydrogen) atoms. The number of aromatic nitrogens is 1. The van der Waals surface area contributed by atoms with Gasteiger partial charge >= 0.3 is 11.9 Å². The zero-order valence-electron chi connectivity index (χ0n) is 42.2. The van der Waals surface area contributed by atoms with E-state index in [0.29, 0.717) is 33.3 Å². The van der Waals surface area contributed by atoms with Gasteiger partial charge < -0.3 is 79.2 Å². The molecule has 3 aromatic carbocycles. The monoisotopic (exact) mass is 1090 g/mol. The predicted molar refractivity (Wildman–Crippen MR) is 280 cm³/mol. The van der Waals surface area contributed by atoms with E-state index in [1.807, 2.05) is 5.32 Å². The number of H-pyrrole nitrogens is 1. The van der Waals surface area contributed by atoms with Crippen LogP contribution in [0.4, 0.5) is 0 Å². The van der Waals surface area contributed by atoms with E-state index >= 15 is 0 Å². The number of para-hydroxylation sites is 1. The first-order chi connectivity index (χ1) is 36.6. The highest BCUT2D eigenvalue weighted by atomic mass is 32.2. The van der Waals surface area contributed by atoms with Crippen molar-refractivity contribution in [3.63, 3.8) is 0 Å². The lowest BCUT2D eigenvalue weighted by Gasteiger charge is -2.28. The zero-order valence-corrected chi connectivity index (χ0v) is 43.0. The molecule has 8 amide bonds. The van der Waals surface area contributed by atoms with Crippen molar-refractivity contribution in [2.45, 2.75) is 113 Å². The van der Waals surface area contributed by atoms with Crippen LogP contribution in [0.15, 0.2) is 85.1 Å². The number of fused-ring (bicyclic) bond motifs is 1. The Kier molecular flexibility index (Phi) is 24.3. The van der Waals surface area contributed by atoms with E-state index in [0.717, 1.165) is 6.92 Å². The molecule has 0 aliphatic carbocycles. The number of aliphatic hydroxyl groups excluding tert-OH is 2. The van der Waals surface area contributed by atoms with E-state index in [9.17, 15) is 73.5 Å². The van der Waals surface area contributed by atoms with Crippen LogP contribution in [0.1, 0.15) is 55.7 Å². The molecule has 0 fully saturated rings. The van der Waals surface area contributed by atoms with Gasteiger partial charge in [0.1, 0.15) is 42.0 Å². The molecule has 1 aromatic heterocycles. The number of nitrogens with two attached hydrogens (primary N) is 2. The Hall–Kier alpha value is -8.07. The van der Waals surface area contributed by atoms with Crippen LogP contribution in [0.5, 0.6) is 5.75 Å². The summed E-state index contributed by atoms with van der Waals surface area (Å²) < 4.78 is 0. The van der Waals surface area contributed by atoms with Gasteiger partial charge in [-0.3, -0.25) is 43.2 Å². The number of rotatable bonds is 32. The van der Waals surface area contributed by atoms with Gasteiger partial charge in [0.15, 0.2) is 6.04 Å². The quantitative estimate of drug-likeness (QED) is 0.0251. The summed E-state index contributed by atoms with van der Waals surface area (Å²) in [6.45, 7) is 0.00654. The molecule has 0 aliphatic rings. The highest BCUT2D eigenvalue weighted by Gasteiger charge is 2.36. The smallest absolute Gasteiger partial charge is 0.328 e. The summed E-state index contributed by atoms with van der Waals surface area (Å²) in [4.78, 5) is 136. The van der Waals surface area contributed by atoms with Gasteiger partial charge in [0.25, 0.3) is 0 Å². The van der Waals surface area contributed by atoms with E-state index in [-0.39, 0.29) is 44.3 Å². The molecule has 9 atom stereocenters. The number of nitrogens with one attached hydrogen (secondary N) is 8. The maximum atomic E-state index is 14.7. The summed E-state index contributed by atoms with van der Waals surface area (Å²) in [5.41, 5.74) is 13.4. The third kappa shape index (κ3) is 19.9. The average molecular weight is 1090 g/mol. The van der Waals surface area contributed by atoms with E-state index in [2.05, 4.69) is 36.9 Å². The summed E-state index contributed by atoms with van der Waals surface area (Å²) in [5, 5.41) is 67.0. The standard InChI is InChI=1S/C51H66N10O15S/c1-27(63)43(51(75)76)61-50(74)40(26-62)60-48(72)38(23-29-12-14-31(64)15-13-29)58-45(69)35(17-19-42(66)67)55-49(73)39(24-30-25-54-34-11-7-6-10-32(30)34)59-46(70)36(20-21-77-2)56-47(71)37(22-28-8-4-3-5-9-28)57-44(68)33(52)16-18-41(53)65/h3-15,25,27,33,35-40,43,54,62-64H,16-24,26,52H2,1-2H3,(H2,53,65)(H,55,73)(H,56,71)(H,57,68)(H,58,69)(H,59,70)(H,60,72)(H,61,74)(H,66,67)(H,75,76)/t27-,33+,35+,36+,37+,38+,39+,40+,43+/m1/s1. The van der Waals surface area contributed by atoms with Crippen LogP contribution in [-0.2, 0) is 67.2 Å². The van der Waals surface area contributed by atoms with Crippen molar-refractivity contribution in [3.8, 4) is 5.75 Å². The fourth-order valence-corrected chi connectivity index (χ4v) is 8.28. The molecule has 0 unspecified atom stereocenters. The number of aromatic hydroxyl groups is 1. The fourth-order valence-electron chi connectivity index (χ4n) is 7.81. The van der Waals surface area contributed by atoms with Crippen molar-refractivity contribution < 1.29 is 73.5 Å². The SMILES string of the molecule is CSCC[C@H](NC(=O)[C@H](Cc1ccccc1)NC(=O)[C@@H](N)CCC(N)=O)C(=O)N[C@@H](Cc1c[nH]c2ccccc12)C(=O)N[C@@H](CCC(=O)O)C(=O)N[C@@H](Cc1ccc(O)cc1)C(=O)N[C@@H](CO)C(=O)N[C@H](C(=O)O)[C@@H](C)O. The molecular formula is C51H66N10O15S. The fraction of sp³-hybridized carbons (Fsp3) is 0.412. The maximum Gasteiger partial charge on any atom is 0.328 e. The zero-order chi connectivity index (χ0) is 56.8. The first kappa shape index (κ1) is 61.5. The number of aliphatic hydroxyl groups is 2. The molecule has 1 heterocycles. The van der Waals surface area contributed by atoms with Gasteiger partial charge in [0, 0.05) is 49.2 Å². The molecule has 0 radical (unpaired) electrons. The first-order valence-electron chi connectivity index (χ1n) is 24.4. The lowest BCUT2D eigenvalue weighted by atomic mass is 10.0. The molecule has 4 aromatic rings. The van der Waals surface area contributed by atoms with Crippen LogP contribution in [0.25, 0.3) is 10.9 Å². The Labute approximate surface area is 446 Å². The van der Waals surface area contributed by atoms with Crippen molar-refractivity contribution in [3.05, 3.63) is 102 Å². The molecular weight excluding hydrogens is 1020 g/mol. The molecule has 0 saturated carbocycles. The number of aliphatic carboxylic acids is 2. The minimum Gasteiger partial charge on any atom is -0.508 e. The van der Waals surface area contributed by atoms with Crippen molar-refractivity contribution in [1.82, 2.24) is 42.2 Å². The van der Waals surface area contributed by atoms with E-state index < -0.39 is 133 Å². The number of phenols is 1. The molecule has 4 rings (SSSR count). The highest BCUT2D eigenvalue weighted by molar-refractivity contribution is 7.98. The second-order valence-electron chi connectivity index (χ2n) is 18.1. The number of hydrogen-bond acceptors (Lipinski definition) is 15. The number of carboxylic acids is 2. The number of phenolic OH excluding ortho intramolecular Hbond substituents is 1. The topological polar surface area (TPSA) is 424 Å². The number of thioether (sulfide) groups is 1. The van der Waals surface area contributed by atoms with Crippen molar-refractivity contribution >= 4 is 81.9 Å². The molecule has 25 nitrogen and oxygen atoms in total. The van der Waals surface area contributed by atoms with Crippen molar-refractivity contribution in [1.29, 1.82) is 0 Å². The van der Waals surface area contributed by atoms with Crippen molar-refractivity contribution in [2.75, 3.05) is 18.6 Å². The minimum atomic E-state index is -1.84. The maximum absolute atomic E-state index is 14.7. The minimum absolute atomic E-state index is 0.0118. The molecule has 416 valence electrons. The van der Waals surface area contributed by atoms with Gasteiger partial charge in [0.2, 0.25) is 47.3 Å². The van der Waals surface area contributed by atoms with E-state index in [1.165, 1.54) is 36.0 Å². The van der Waals surface area contributed by atoms with Crippen LogP contribution >= 0.6 is 11.8 Å². The van der Waals surface area contributed by atoms with Gasteiger partial charge in [-0.25, -0.2) is 4.79 Å². The molecule has 0 spiro atoms. The highest BCUT2D eigenvalue weighted by Crippen LogP contribution is 2.20. The number of carbonyl (C=O) groups is 10. The Morgan fingerprint density at radius 1 is 0.584 bits per heavy atom. The number of primary amides is 1. The van der Waals surface area contributed by atoms with Crippen molar-refractivity contribution in [2.24, 2.45) is 11.5 Å². The number of benzene rings is 3. The summed E-state index contributed by atoms with van der Waals surface area (Å²) in [6.07, 6.45) is -0.442. The first-order valence-corrected chi connectivity index (χ1v) is 25.8. The summed E-state index contributed by atoms with van der Waals surface area (Å²) in [7, 11) is 0. The van der Waals surface area contributed by atoms with Crippen LogP contribution in [-0.4, -0.2) is 163 Å². The normalized spacial score (nSPS) is 14.6. The number of carboxylic acid groups (broad SMARTS) is 2.